The van der Waals surface area contributed by atoms with Crippen LogP contribution in [-0.2, 0) is 10.8 Å². The summed E-state index contributed by atoms with van der Waals surface area (Å²) in [4.78, 5) is 47.4. The lowest BCUT2D eigenvalue weighted by Gasteiger charge is -2.40. The van der Waals surface area contributed by atoms with Gasteiger partial charge in [0.1, 0.15) is 11.2 Å². The Bertz CT molecular complexity index is 8810. The lowest BCUT2D eigenvalue weighted by Crippen LogP contribution is -2.32. The topological polar surface area (TPSA) is 116 Å². The Morgan fingerprint density at radius 2 is 0.562 bits per heavy atom. The molecule has 2 aliphatic carbocycles. The minimum Gasteiger partial charge on any atom is -0.456 e. The van der Waals surface area contributed by atoms with Crippen molar-refractivity contribution in [2.24, 2.45) is 0 Å². The van der Waals surface area contributed by atoms with E-state index in [1.165, 1.54) is 107 Å². The van der Waals surface area contributed by atoms with Gasteiger partial charge < -0.3 is 4.42 Å². The van der Waals surface area contributed by atoms with Crippen molar-refractivity contribution in [1.29, 1.82) is 0 Å². The van der Waals surface area contributed by atoms with E-state index in [0.717, 1.165) is 121 Å². The molecule has 0 unspecified atom stereocenters. The summed E-state index contributed by atoms with van der Waals surface area (Å²) in [5, 5.41) is 11.2. The average molecular weight is 1710 g/mol. The van der Waals surface area contributed by atoms with Crippen LogP contribution in [0.25, 0.3) is 199 Å². The first-order chi connectivity index (χ1) is 64.4. The van der Waals surface area contributed by atoms with Gasteiger partial charge in [-0.25, -0.2) is 39.9 Å². The minimum absolute atomic E-state index is 0.493. The molecular weight excluding hydrogens is 1640 g/mol. The quantitative estimate of drug-likeness (QED) is 0.135. The van der Waals surface area contributed by atoms with Crippen molar-refractivity contribution in [2.75, 3.05) is 0 Å². The van der Waals surface area contributed by atoms with Crippen molar-refractivity contribution in [3.05, 3.63) is 457 Å². The summed E-state index contributed by atoms with van der Waals surface area (Å²) < 4.78 is 8.72. The van der Waals surface area contributed by atoms with Gasteiger partial charge in [0.2, 0.25) is 0 Å². The third-order valence-corrected chi connectivity index (χ3v) is 30.2. The lowest BCUT2D eigenvalue weighted by atomic mass is 9.67. The van der Waals surface area contributed by atoms with E-state index in [0.29, 0.717) is 34.9 Å². The highest BCUT2D eigenvalue weighted by Gasteiger charge is 2.52. The molecule has 2 spiro atoms. The molecular formula is C118H68N8OS3. The number of furan rings is 1. The van der Waals surface area contributed by atoms with Crippen molar-refractivity contribution >= 4 is 120 Å². The summed E-state index contributed by atoms with van der Waals surface area (Å²) in [6.07, 6.45) is 0. The maximum Gasteiger partial charge on any atom is 0.165 e. The predicted molar refractivity (Wildman–Crippen MR) is 532 cm³/mol. The number of nitrogens with zero attached hydrogens (tertiary/aromatic N) is 8. The maximum atomic E-state index is 6.31. The standard InChI is InChI=1S/C59H34N4OS.C59H34N4S2/c1-3-16-35(17-4-1)55-44-34-53-48(59(47-26-12-14-29-52(47)65-53)45-24-10-7-20-38(45)39-21-8-11-25-46(39)59)33-43(44)40-31-30-37(32-49(40)60-55)57-61-56(36-18-5-2-6-19-36)62-58(63-57)42-23-15-28-51-54(42)41-22-9-13-27-50(41)64-51;1-3-16-35(17-4-1)54-45-34-53-49(59(48-27-12-14-29-52(48)64-53)46-25-10-7-20-38(46)39-21-8-11-26-47(39)59)33-44(45)40-31-30-37(32-50(40)60-54)57-61-56(36-18-5-2-6-19-36)62-58(63-57)43-24-15-23-42-41-22-9-13-28-51(41)65-55(42)43/h2*1-34H. The molecule has 28 rings (SSSR count). The van der Waals surface area contributed by atoms with E-state index in [9.17, 15) is 0 Å². The van der Waals surface area contributed by atoms with E-state index in [4.69, 9.17) is 44.3 Å². The number of thiophene rings is 1. The number of pyridine rings is 2. The van der Waals surface area contributed by atoms with Gasteiger partial charge >= 0.3 is 0 Å². The van der Waals surface area contributed by atoms with Gasteiger partial charge in [-0.05, 0) is 150 Å². The van der Waals surface area contributed by atoms with Crippen molar-refractivity contribution in [1.82, 2.24) is 39.9 Å². The Morgan fingerprint density at radius 1 is 0.200 bits per heavy atom. The largest absolute Gasteiger partial charge is 0.456 e. The Hall–Kier alpha value is -16.0. The third-order valence-electron chi connectivity index (χ3n) is 26.8. The summed E-state index contributed by atoms with van der Waals surface area (Å²) in [5.74, 6) is 3.63. The monoisotopic (exact) mass is 1710 g/mol. The molecule has 130 heavy (non-hydrogen) atoms. The third kappa shape index (κ3) is 11.3. The van der Waals surface area contributed by atoms with Crippen LogP contribution < -0.4 is 0 Å². The average Bonchev–Trinajstić information content (AvgIpc) is 1.47. The Kier molecular flexibility index (Phi) is 16.8. The van der Waals surface area contributed by atoms with Gasteiger partial charge in [0.25, 0.3) is 0 Å². The van der Waals surface area contributed by atoms with Crippen molar-refractivity contribution in [2.45, 2.75) is 30.4 Å². The SMILES string of the molecule is c1ccc(-c2nc(-c3ccc4c(c3)nc(-c3ccccc3)c3cc5c(cc34)C3(c4ccccc4S5)c4ccccc4-c4ccccc43)nc(-c3cccc4c3sc3ccccc34)n2)cc1.c1ccc(-c2nc(-c3ccc4c(c3)nc(-c3ccccc3)c3cc5c(cc34)C3(c4ccccc4S5)c4ccccc4-c4ccccc43)nc(-c3cccc4oc5ccccc5c34)n2)cc1. The summed E-state index contributed by atoms with van der Waals surface area (Å²) in [6.45, 7) is 0. The van der Waals surface area contributed by atoms with Crippen molar-refractivity contribution in [3.8, 4) is 113 Å². The molecule has 18 aromatic carbocycles. The highest BCUT2D eigenvalue weighted by Crippen LogP contribution is 2.65. The second-order valence-electron chi connectivity index (χ2n) is 33.7. The van der Waals surface area contributed by atoms with E-state index in [1.807, 2.05) is 102 Å². The molecule has 2 aliphatic heterocycles. The van der Waals surface area contributed by atoms with Crippen molar-refractivity contribution < 1.29 is 4.42 Å². The van der Waals surface area contributed by atoms with Crippen LogP contribution in [0, 0.1) is 0 Å². The van der Waals surface area contributed by atoms with E-state index in [2.05, 4.69) is 334 Å². The molecule has 24 aromatic rings. The molecule has 0 bridgehead atoms. The van der Waals surface area contributed by atoms with Crippen LogP contribution in [0.15, 0.2) is 437 Å². The molecule has 0 amide bonds. The molecule has 0 fully saturated rings. The van der Waals surface area contributed by atoms with E-state index < -0.39 is 10.8 Å². The van der Waals surface area contributed by atoms with E-state index in [-0.39, 0.29) is 0 Å². The lowest BCUT2D eigenvalue weighted by molar-refractivity contribution is 0.669. The van der Waals surface area contributed by atoms with Crippen LogP contribution in [0.5, 0.6) is 0 Å². The molecule has 0 N–H and O–H groups in total. The number of hydrogen-bond donors (Lipinski definition) is 0. The summed E-state index contributed by atoms with van der Waals surface area (Å²) in [7, 11) is 0. The number of benzene rings is 18. The highest BCUT2D eigenvalue weighted by atomic mass is 32.2. The fourth-order valence-electron chi connectivity index (χ4n) is 21.2. The maximum absolute atomic E-state index is 6.31. The Morgan fingerprint density at radius 3 is 1.05 bits per heavy atom. The summed E-state index contributed by atoms with van der Waals surface area (Å²) in [6, 6.07) is 148. The molecule has 8 heterocycles. The number of hydrogen-bond acceptors (Lipinski definition) is 12. The Balaban J connectivity index is 0.000000134. The van der Waals surface area contributed by atoms with Crippen LogP contribution in [-0.4, -0.2) is 39.9 Å². The van der Waals surface area contributed by atoms with Gasteiger partial charge in [0, 0.05) is 117 Å². The number of rotatable bonds is 8. The second kappa shape index (κ2) is 29.3. The first-order valence-corrected chi connectivity index (χ1v) is 46.2. The van der Waals surface area contributed by atoms with Gasteiger partial charge in [-0.3, -0.25) is 0 Å². The molecule has 0 saturated carbocycles. The summed E-state index contributed by atoms with van der Waals surface area (Å²) in [5.41, 5.74) is 27.5. The molecule has 604 valence electrons. The number of aromatic nitrogens is 8. The smallest absolute Gasteiger partial charge is 0.165 e. The molecule has 0 saturated heterocycles. The fourth-order valence-corrected chi connectivity index (χ4v) is 24.8. The molecule has 0 radical (unpaired) electrons. The molecule has 0 atom stereocenters. The zero-order valence-electron chi connectivity index (χ0n) is 69.5. The number of fused-ring (bicyclic) bond motifs is 30. The molecule has 12 heteroatoms. The predicted octanol–water partition coefficient (Wildman–Crippen LogP) is 30.4. The molecule has 9 nitrogen and oxygen atoms in total. The van der Waals surface area contributed by atoms with Gasteiger partial charge in [-0.1, -0.05) is 363 Å². The van der Waals surface area contributed by atoms with Crippen molar-refractivity contribution in [3.63, 3.8) is 0 Å². The highest BCUT2D eigenvalue weighted by molar-refractivity contribution is 7.99. The molecule has 4 aliphatic rings. The first kappa shape index (κ1) is 74.3. The van der Waals surface area contributed by atoms with Gasteiger partial charge in [0.15, 0.2) is 34.9 Å². The van der Waals surface area contributed by atoms with E-state index in [1.54, 1.807) is 11.3 Å². The normalized spacial score (nSPS) is 13.3. The molecule has 6 aromatic heterocycles. The van der Waals surface area contributed by atoms with Gasteiger partial charge in [-0.15, -0.1) is 11.3 Å². The van der Waals surface area contributed by atoms with Crippen LogP contribution in [0.4, 0.5) is 0 Å². The number of para-hydroxylation sites is 1. The van der Waals surface area contributed by atoms with Crippen LogP contribution in [0.2, 0.25) is 0 Å². The van der Waals surface area contributed by atoms with Crippen LogP contribution in [0.3, 0.4) is 0 Å². The van der Waals surface area contributed by atoms with Crippen LogP contribution in [0.1, 0.15) is 44.5 Å². The van der Waals surface area contributed by atoms with Gasteiger partial charge in [0.05, 0.1) is 33.3 Å². The van der Waals surface area contributed by atoms with Crippen LogP contribution >= 0.6 is 34.9 Å². The summed E-state index contributed by atoms with van der Waals surface area (Å²) >= 11 is 5.51. The fraction of sp³-hybridized carbons (Fsp3) is 0.0169. The Labute approximate surface area is 759 Å². The first-order valence-electron chi connectivity index (χ1n) is 43.7. The van der Waals surface area contributed by atoms with E-state index >= 15 is 0 Å². The second-order valence-corrected chi connectivity index (χ2v) is 36.9. The zero-order valence-corrected chi connectivity index (χ0v) is 71.9. The van der Waals surface area contributed by atoms with Gasteiger partial charge in [-0.2, -0.15) is 0 Å². The minimum atomic E-state index is -0.501. The zero-order chi connectivity index (χ0) is 85.3.